The Kier molecular flexibility index (Phi) is 9.71. The highest BCUT2D eigenvalue weighted by Crippen LogP contribution is 2.46. The maximum absolute atomic E-state index is 13.6. The van der Waals surface area contributed by atoms with E-state index in [2.05, 4.69) is 0 Å². The second-order valence-corrected chi connectivity index (χ2v) is 15.8. The lowest BCUT2D eigenvalue weighted by Gasteiger charge is -2.20. The first-order chi connectivity index (χ1) is 22.1. The lowest BCUT2D eigenvalue weighted by atomic mass is 10.2. The first kappa shape index (κ1) is 34.4. The van der Waals surface area contributed by atoms with Crippen LogP contribution in [0.25, 0.3) is 11.0 Å². The van der Waals surface area contributed by atoms with Gasteiger partial charge in [-0.3, -0.25) is 47.4 Å². The maximum Gasteiger partial charge on any atom is 0.323 e. The van der Waals surface area contributed by atoms with E-state index in [4.69, 9.17) is 0 Å². The molecule has 0 radical (unpaired) electrons. The van der Waals surface area contributed by atoms with Crippen LogP contribution < -0.4 is 25.2 Å². The Morgan fingerprint density at radius 1 is 0.915 bits per heavy atom. The van der Waals surface area contributed by atoms with Gasteiger partial charge in [-0.15, -0.1) is 22.7 Å². The summed E-state index contributed by atoms with van der Waals surface area (Å²) in [5, 5.41) is 19.0. The number of carboxylic acids is 2. The van der Waals surface area contributed by atoms with Gasteiger partial charge < -0.3 is 15.1 Å². The van der Waals surface area contributed by atoms with E-state index < -0.39 is 63.2 Å². The summed E-state index contributed by atoms with van der Waals surface area (Å²) in [6, 6.07) is 5.70. The number of thioether (sulfide) groups is 2. The smallest absolute Gasteiger partial charge is 0.323 e. The number of hydrogen-bond acceptors (Lipinski definition) is 13. The van der Waals surface area contributed by atoms with Gasteiger partial charge in [0.15, 0.2) is 0 Å². The maximum atomic E-state index is 13.6. The zero-order chi connectivity index (χ0) is 34.4. The average Bonchev–Trinajstić information content (AvgIpc) is 3.66. The molecule has 5 rings (SSSR count). The number of aryl methyl sites for hydroxylation is 1. The molecule has 15 nitrogen and oxygen atoms in total. The summed E-state index contributed by atoms with van der Waals surface area (Å²) in [4.78, 5) is 78.8. The van der Waals surface area contributed by atoms with Crippen LogP contribution in [0.5, 0.6) is 0 Å². The summed E-state index contributed by atoms with van der Waals surface area (Å²) in [6.07, 6.45) is 3.14. The van der Waals surface area contributed by atoms with Crippen LogP contribution in [0.1, 0.15) is 12.0 Å². The number of carboxylic acid groups (broad SMARTS) is 2. The standard InChI is InChI=1S/C27H24N4O11S5/c1-13-4-5-15-14(10-13)29(8-3-9-47(40,41)42)17(43-15)7-6-16-22(36)30(11-18(32)33)25(44-16)21-24(38)31(12-19(34)35)26(45-21)20-23(37)28(2)27(39)46-20/h4-7,10H,3,8-9,11-12H2,1-2H3,(H,32,33)(H,34,35)(H,40,41,42)/b16-6-,17-7+,25-21+,26-20+. The van der Waals surface area contributed by atoms with Crippen molar-refractivity contribution in [2.24, 2.45) is 0 Å². The molecule has 1 aromatic carbocycles. The summed E-state index contributed by atoms with van der Waals surface area (Å²) in [6.45, 7) is 0.428. The van der Waals surface area contributed by atoms with Crippen LogP contribution in [0, 0.1) is 16.1 Å². The van der Waals surface area contributed by atoms with Gasteiger partial charge in [0.2, 0.25) is 0 Å². The molecule has 3 N–H and O–H groups in total. The molecule has 47 heavy (non-hydrogen) atoms. The lowest BCUT2D eigenvalue weighted by Crippen LogP contribution is -2.32. The van der Waals surface area contributed by atoms with Crippen molar-refractivity contribution in [2.45, 2.75) is 31.3 Å². The Morgan fingerprint density at radius 3 is 2.17 bits per heavy atom. The van der Waals surface area contributed by atoms with E-state index >= 15 is 0 Å². The van der Waals surface area contributed by atoms with Crippen LogP contribution in [0.4, 0.5) is 10.5 Å². The minimum atomic E-state index is -4.19. The molecule has 4 heterocycles. The number of rotatable bonds is 9. The van der Waals surface area contributed by atoms with Crippen molar-refractivity contribution in [3.8, 4) is 0 Å². The molecule has 2 amide bonds. The number of aromatic nitrogens is 2. The molecule has 0 spiro atoms. The first-order valence-corrected chi connectivity index (χ1v) is 18.3. The number of aliphatic carboxylic acids is 2. The molecule has 20 heteroatoms. The van der Waals surface area contributed by atoms with Crippen molar-refractivity contribution in [3.05, 3.63) is 74.0 Å². The van der Waals surface area contributed by atoms with Crippen molar-refractivity contribution in [1.82, 2.24) is 14.0 Å². The van der Waals surface area contributed by atoms with E-state index in [1.54, 1.807) is 6.08 Å². The quantitative estimate of drug-likeness (QED) is 0.260. The predicted octanol–water partition coefficient (Wildman–Crippen LogP) is 0.843. The Labute approximate surface area is 280 Å². The molecular weight excluding hydrogens is 717 g/mol. The molecule has 2 aromatic heterocycles. The van der Waals surface area contributed by atoms with Crippen LogP contribution in [0.3, 0.4) is 0 Å². The summed E-state index contributed by atoms with van der Waals surface area (Å²) in [5.74, 6) is -4.00. The van der Waals surface area contributed by atoms with E-state index in [-0.39, 0.29) is 36.3 Å². The SMILES string of the molecule is Cc1ccc2c(c1)N(CCCS(=O)(=O)O)/C(=C\C=c1/s/c(=c3/s/c(=C4/SC(=O)N(C)C4=O)n(CC(=O)O)c3=O)n(CC(=O)O)c1=O)S2. The van der Waals surface area contributed by atoms with Crippen LogP contribution in [0.15, 0.2) is 43.8 Å². The summed E-state index contributed by atoms with van der Waals surface area (Å²) < 4.78 is 33.2. The molecule has 2 aliphatic heterocycles. The van der Waals surface area contributed by atoms with Gasteiger partial charge in [-0.2, -0.15) is 8.42 Å². The van der Waals surface area contributed by atoms with Crippen molar-refractivity contribution in [3.63, 3.8) is 0 Å². The summed E-state index contributed by atoms with van der Waals surface area (Å²) in [7, 11) is -2.96. The van der Waals surface area contributed by atoms with Gasteiger partial charge in [-0.25, -0.2) is 0 Å². The van der Waals surface area contributed by atoms with Crippen molar-refractivity contribution in [1.29, 1.82) is 0 Å². The lowest BCUT2D eigenvalue weighted by molar-refractivity contribution is -0.138. The number of benzene rings is 1. The molecule has 0 saturated carbocycles. The zero-order valence-corrected chi connectivity index (χ0v) is 28.4. The molecule has 248 valence electrons. The number of thiazole rings is 2. The fourth-order valence-electron chi connectivity index (χ4n) is 4.66. The second kappa shape index (κ2) is 13.3. The Bertz CT molecular complexity index is 2350. The molecular formula is C27H24N4O11S5. The molecule has 2 aliphatic rings. The largest absolute Gasteiger partial charge is 0.480 e. The van der Waals surface area contributed by atoms with Crippen molar-refractivity contribution in [2.75, 3.05) is 24.2 Å². The number of fused-ring (bicyclic) bond motifs is 1. The third-order valence-electron chi connectivity index (χ3n) is 6.78. The number of carbonyl (C=O) groups excluding carboxylic acids is 2. The predicted molar refractivity (Wildman–Crippen MR) is 176 cm³/mol. The number of amides is 2. The van der Waals surface area contributed by atoms with Gasteiger partial charge in [-0.05, 0) is 55.0 Å². The highest BCUT2D eigenvalue weighted by Gasteiger charge is 2.34. The van der Waals surface area contributed by atoms with E-state index in [0.29, 0.717) is 28.1 Å². The third kappa shape index (κ3) is 7.16. The van der Waals surface area contributed by atoms with Gasteiger partial charge in [0.25, 0.3) is 32.4 Å². The Balaban J connectivity index is 1.73. The minimum Gasteiger partial charge on any atom is -0.480 e. The normalized spacial score (nSPS) is 18.1. The Morgan fingerprint density at radius 2 is 1.57 bits per heavy atom. The van der Waals surface area contributed by atoms with E-state index in [0.717, 1.165) is 41.5 Å². The monoisotopic (exact) mass is 740 g/mol. The van der Waals surface area contributed by atoms with E-state index in [1.165, 1.54) is 24.9 Å². The number of allylic oxidation sites excluding steroid dienone is 1. The fraction of sp³-hybridized carbons (Fsp3) is 0.259. The fourth-order valence-corrected chi connectivity index (χ4v) is 9.55. The van der Waals surface area contributed by atoms with Gasteiger partial charge in [0.05, 0.1) is 21.0 Å². The van der Waals surface area contributed by atoms with E-state index in [9.17, 15) is 52.0 Å². The first-order valence-electron chi connectivity index (χ1n) is 13.4. The van der Waals surface area contributed by atoms with Gasteiger partial charge in [0.1, 0.15) is 31.9 Å². The number of imide groups is 1. The summed E-state index contributed by atoms with van der Waals surface area (Å²) >= 11 is 3.34. The molecule has 0 aliphatic carbocycles. The second-order valence-electron chi connectivity index (χ2n) is 10.2. The number of nitrogens with zero attached hydrogens (tertiary/aromatic N) is 4. The number of carbonyl (C=O) groups is 4. The molecule has 3 aromatic rings. The van der Waals surface area contributed by atoms with E-state index in [1.807, 2.05) is 30.0 Å². The molecule has 0 atom stereocenters. The molecule has 0 unspecified atom stereocenters. The minimum absolute atomic E-state index is 0.0346. The molecule has 1 saturated heterocycles. The topological polar surface area (TPSA) is 214 Å². The highest BCUT2D eigenvalue weighted by atomic mass is 32.2. The third-order valence-corrected chi connectivity index (χ3v) is 12.3. The average molecular weight is 741 g/mol. The van der Waals surface area contributed by atoms with Gasteiger partial charge in [0, 0.05) is 18.5 Å². The van der Waals surface area contributed by atoms with Crippen LogP contribution in [-0.4, -0.2) is 79.6 Å². The van der Waals surface area contributed by atoms with Crippen molar-refractivity contribution >= 4 is 96.1 Å². The highest BCUT2D eigenvalue weighted by molar-refractivity contribution is 8.23. The summed E-state index contributed by atoms with van der Waals surface area (Å²) in [5.41, 5.74) is 0.116. The van der Waals surface area contributed by atoms with Gasteiger partial charge >= 0.3 is 11.9 Å². The number of anilines is 1. The number of hydrogen-bond donors (Lipinski definition) is 3. The zero-order valence-electron chi connectivity index (χ0n) is 24.4. The van der Waals surface area contributed by atoms with Crippen molar-refractivity contribution < 1.29 is 42.4 Å². The van der Waals surface area contributed by atoms with Crippen LogP contribution in [0.2, 0.25) is 0 Å². The van der Waals surface area contributed by atoms with Crippen LogP contribution in [-0.2, 0) is 37.6 Å². The van der Waals surface area contributed by atoms with Crippen LogP contribution >= 0.6 is 46.2 Å². The molecule has 0 bridgehead atoms. The molecule has 1 fully saturated rings. The van der Waals surface area contributed by atoms with Gasteiger partial charge in [-0.1, -0.05) is 17.8 Å². The Hall–Kier alpha value is -3.95.